The fourth-order valence-corrected chi connectivity index (χ4v) is 3.51. The van der Waals surface area contributed by atoms with Crippen molar-refractivity contribution in [2.75, 3.05) is 26.7 Å². The van der Waals surface area contributed by atoms with Gasteiger partial charge in [0.1, 0.15) is 0 Å². The summed E-state index contributed by atoms with van der Waals surface area (Å²) in [6.45, 7) is 8.91. The summed E-state index contributed by atoms with van der Waals surface area (Å²) < 4.78 is 0. The summed E-state index contributed by atoms with van der Waals surface area (Å²) >= 11 is 1.77. The summed E-state index contributed by atoms with van der Waals surface area (Å²) in [5, 5.41) is 8.99. The van der Waals surface area contributed by atoms with Crippen molar-refractivity contribution >= 4 is 41.3 Å². The molecular formula is C16H29IN4S. The fraction of sp³-hybridized carbons (Fsp3) is 0.688. The molecule has 2 N–H and O–H groups in total. The molecule has 1 aliphatic rings. The van der Waals surface area contributed by atoms with Gasteiger partial charge in [-0.1, -0.05) is 19.9 Å². The van der Waals surface area contributed by atoms with E-state index in [2.05, 4.69) is 51.9 Å². The standard InChI is InChI=1S/C16H28N4S.HI/c1-13(2)15(20-8-4-5-9-20)12-19-16(17-3)18-11-14-7-6-10-21-14;/h6-7,10,13,15H,4-5,8-9,11-12H2,1-3H3,(H2,17,18,19);1H. The first kappa shape index (κ1) is 19.7. The first-order valence-corrected chi connectivity index (χ1v) is 8.79. The molecule has 0 amide bonds. The van der Waals surface area contributed by atoms with Crippen LogP contribution in [0.3, 0.4) is 0 Å². The Hall–Kier alpha value is -0.340. The fourth-order valence-electron chi connectivity index (χ4n) is 2.87. The van der Waals surface area contributed by atoms with E-state index in [-0.39, 0.29) is 24.0 Å². The maximum Gasteiger partial charge on any atom is 0.191 e. The maximum atomic E-state index is 4.33. The van der Waals surface area contributed by atoms with E-state index in [1.165, 1.54) is 30.8 Å². The molecule has 1 saturated heterocycles. The maximum absolute atomic E-state index is 4.33. The Morgan fingerprint density at radius 3 is 2.59 bits per heavy atom. The molecule has 4 nitrogen and oxygen atoms in total. The molecule has 1 aromatic rings. The molecule has 0 aliphatic carbocycles. The molecule has 0 saturated carbocycles. The Morgan fingerprint density at radius 1 is 1.32 bits per heavy atom. The van der Waals surface area contributed by atoms with Crippen LogP contribution in [0.15, 0.2) is 22.5 Å². The third kappa shape index (κ3) is 6.04. The number of thiophene rings is 1. The molecule has 0 aromatic carbocycles. The third-order valence-corrected chi connectivity index (χ3v) is 4.97. The second-order valence-electron chi connectivity index (χ2n) is 5.94. The second kappa shape index (κ2) is 10.4. The Bertz CT molecular complexity index is 427. The molecule has 6 heteroatoms. The van der Waals surface area contributed by atoms with Gasteiger partial charge in [0.15, 0.2) is 5.96 Å². The van der Waals surface area contributed by atoms with Gasteiger partial charge in [0.2, 0.25) is 0 Å². The Morgan fingerprint density at radius 2 is 2.05 bits per heavy atom. The molecule has 22 heavy (non-hydrogen) atoms. The van der Waals surface area contributed by atoms with Gasteiger partial charge in [-0.05, 0) is 43.3 Å². The Labute approximate surface area is 155 Å². The van der Waals surface area contributed by atoms with Crippen LogP contribution in [0, 0.1) is 5.92 Å². The molecule has 1 fully saturated rings. The van der Waals surface area contributed by atoms with Crippen molar-refractivity contribution < 1.29 is 0 Å². The summed E-state index contributed by atoms with van der Waals surface area (Å²) in [6.07, 6.45) is 2.68. The predicted octanol–water partition coefficient (Wildman–Crippen LogP) is 3.15. The lowest BCUT2D eigenvalue weighted by Crippen LogP contribution is -2.48. The van der Waals surface area contributed by atoms with E-state index in [0.29, 0.717) is 12.0 Å². The van der Waals surface area contributed by atoms with Crippen molar-refractivity contribution in [3.8, 4) is 0 Å². The number of nitrogens with one attached hydrogen (secondary N) is 2. The molecule has 0 radical (unpaired) electrons. The van der Waals surface area contributed by atoms with Gasteiger partial charge in [0.05, 0.1) is 6.54 Å². The van der Waals surface area contributed by atoms with Gasteiger partial charge >= 0.3 is 0 Å². The first-order chi connectivity index (χ1) is 10.2. The molecule has 126 valence electrons. The zero-order chi connectivity index (χ0) is 15.1. The summed E-state index contributed by atoms with van der Waals surface area (Å²) in [4.78, 5) is 8.27. The highest BCUT2D eigenvalue weighted by Crippen LogP contribution is 2.17. The lowest BCUT2D eigenvalue weighted by atomic mass is 10.0. The average Bonchev–Trinajstić information content (AvgIpc) is 3.15. The number of hydrogen-bond donors (Lipinski definition) is 2. The lowest BCUT2D eigenvalue weighted by molar-refractivity contribution is 0.192. The van der Waals surface area contributed by atoms with Gasteiger partial charge in [0.25, 0.3) is 0 Å². The first-order valence-electron chi connectivity index (χ1n) is 7.91. The summed E-state index contributed by atoms with van der Waals surface area (Å²) in [5.41, 5.74) is 0. The van der Waals surface area contributed by atoms with E-state index in [0.717, 1.165) is 19.0 Å². The minimum atomic E-state index is 0. The predicted molar refractivity (Wildman–Crippen MR) is 107 cm³/mol. The number of rotatable bonds is 6. The molecule has 2 rings (SSSR count). The van der Waals surface area contributed by atoms with E-state index >= 15 is 0 Å². The molecule has 0 spiro atoms. The minimum absolute atomic E-state index is 0. The number of halogens is 1. The van der Waals surface area contributed by atoms with Crippen LogP contribution in [0.1, 0.15) is 31.6 Å². The Kier molecular flexibility index (Phi) is 9.35. The number of hydrogen-bond acceptors (Lipinski definition) is 3. The van der Waals surface area contributed by atoms with Crippen LogP contribution >= 0.6 is 35.3 Å². The third-order valence-electron chi connectivity index (χ3n) is 4.09. The highest BCUT2D eigenvalue weighted by atomic mass is 127. The highest BCUT2D eigenvalue weighted by molar-refractivity contribution is 14.0. The van der Waals surface area contributed by atoms with Crippen molar-refractivity contribution in [3.63, 3.8) is 0 Å². The Balaban J connectivity index is 0.00000242. The van der Waals surface area contributed by atoms with Crippen LogP contribution in [0.5, 0.6) is 0 Å². The monoisotopic (exact) mass is 436 g/mol. The second-order valence-corrected chi connectivity index (χ2v) is 6.97. The summed E-state index contributed by atoms with van der Waals surface area (Å²) in [7, 11) is 1.84. The van der Waals surface area contributed by atoms with Crippen LogP contribution in [0.25, 0.3) is 0 Å². The zero-order valence-electron chi connectivity index (χ0n) is 13.8. The van der Waals surface area contributed by atoms with E-state index in [4.69, 9.17) is 0 Å². The molecular weight excluding hydrogens is 407 g/mol. The van der Waals surface area contributed by atoms with Crippen LogP contribution in [-0.2, 0) is 6.54 Å². The molecule has 1 atom stereocenters. The molecule has 1 aromatic heterocycles. The normalized spacial score (nSPS) is 17.4. The minimum Gasteiger partial charge on any atom is -0.355 e. The quantitative estimate of drug-likeness (QED) is 0.409. The number of guanidine groups is 1. The van der Waals surface area contributed by atoms with Crippen molar-refractivity contribution in [1.82, 2.24) is 15.5 Å². The van der Waals surface area contributed by atoms with Gasteiger partial charge in [-0.25, -0.2) is 0 Å². The number of nitrogens with zero attached hydrogens (tertiary/aromatic N) is 2. The zero-order valence-corrected chi connectivity index (χ0v) is 17.0. The molecule has 0 bridgehead atoms. The van der Waals surface area contributed by atoms with Crippen LogP contribution < -0.4 is 10.6 Å². The topological polar surface area (TPSA) is 39.7 Å². The molecule has 1 aliphatic heterocycles. The van der Waals surface area contributed by atoms with Gasteiger partial charge < -0.3 is 10.6 Å². The molecule has 1 unspecified atom stereocenters. The van der Waals surface area contributed by atoms with Gasteiger partial charge in [-0.15, -0.1) is 35.3 Å². The summed E-state index contributed by atoms with van der Waals surface area (Å²) in [5.74, 6) is 1.55. The van der Waals surface area contributed by atoms with E-state index < -0.39 is 0 Å². The van der Waals surface area contributed by atoms with Crippen LogP contribution in [-0.4, -0.2) is 43.6 Å². The van der Waals surface area contributed by atoms with E-state index in [9.17, 15) is 0 Å². The number of likely N-dealkylation sites (tertiary alicyclic amines) is 1. The van der Waals surface area contributed by atoms with Crippen molar-refractivity contribution in [1.29, 1.82) is 0 Å². The highest BCUT2D eigenvalue weighted by Gasteiger charge is 2.24. The van der Waals surface area contributed by atoms with Crippen molar-refractivity contribution in [2.24, 2.45) is 10.9 Å². The largest absolute Gasteiger partial charge is 0.355 e. The molecule has 2 heterocycles. The van der Waals surface area contributed by atoms with Gasteiger partial charge in [-0.3, -0.25) is 9.89 Å². The van der Waals surface area contributed by atoms with Crippen LogP contribution in [0.2, 0.25) is 0 Å². The van der Waals surface area contributed by atoms with Crippen molar-refractivity contribution in [2.45, 2.75) is 39.3 Å². The van der Waals surface area contributed by atoms with E-state index in [1.807, 2.05) is 7.05 Å². The van der Waals surface area contributed by atoms with Gasteiger partial charge in [-0.2, -0.15) is 0 Å². The lowest BCUT2D eigenvalue weighted by Gasteiger charge is -2.31. The SMILES string of the molecule is CN=C(NCc1cccs1)NCC(C(C)C)N1CCCC1.I. The van der Waals surface area contributed by atoms with E-state index in [1.54, 1.807) is 11.3 Å². The van der Waals surface area contributed by atoms with Crippen LogP contribution in [0.4, 0.5) is 0 Å². The van der Waals surface area contributed by atoms with Crippen molar-refractivity contribution in [3.05, 3.63) is 22.4 Å². The smallest absolute Gasteiger partial charge is 0.191 e. The van der Waals surface area contributed by atoms with Gasteiger partial charge in [0, 0.05) is 24.5 Å². The average molecular weight is 436 g/mol. The summed E-state index contributed by atoms with van der Waals surface area (Å²) in [6, 6.07) is 4.82. The number of aliphatic imine (C=N–C) groups is 1.